The lowest BCUT2D eigenvalue weighted by Crippen LogP contribution is -2.19. The Kier molecular flexibility index (Phi) is 7.14. The van der Waals surface area contributed by atoms with Crippen LogP contribution in [0.2, 0.25) is 0 Å². The minimum Gasteiger partial charge on any atom is -0.492 e. The average molecular weight is 457 g/mol. The molecule has 2 amide bonds. The first kappa shape index (κ1) is 22.5. The fourth-order valence-corrected chi connectivity index (χ4v) is 3.15. The Morgan fingerprint density at radius 1 is 0.912 bits per heavy atom. The second kappa shape index (κ2) is 10.8. The van der Waals surface area contributed by atoms with Gasteiger partial charge in [0.15, 0.2) is 0 Å². The summed E-state index contributed by atoms with van der Waals surface area (Å²) in [5.41, 5.74) is 2.62. The molecular weight excluding hydrogens is 432 g/mol. The molecule has 0 radical (unpaired) electrons. The van der Waals surface area contributed by atoms with Gasteiger partial charge in [-0.1, -0.05) is 12.1 Å². The number of nitrogens with one attached hydrogen (secondary N) is 3. The third-order valence-electron chi connectivity index (χ3n) is 4.69. The third kappa shape index (κ3) is 5.57. The van der Waals surface area contributed by atoms with Gasteiger partial charge in [0.1, 0.15) is 11.5 Å². The normalized spacial score (nSPS) is 10.3. The van der Waals surface area contributed by atoms with Gasteiger partial charge in [0.05, 0.1) is 23.6 Å². The van der Waals surface area contributed by atoms with E-state index in [-0.39, 0.29) is 6.03 Å². The molecular formula is C25H24N6O3. The maximum atomic E-state index is 12.4. The van der Waals surface area contributed by atoms with Crippen LogP contribution < -0.4 is 25.4 Å². The van der Waals surface area contributed by atoms with Crippen LogP contribution in [-0.4, -0.2) is 34.6 Å². The van der Waals surface area contributed by atoms with Crippen molar-refractivity contribution in [3.8, 4) is 28.6 Å². The Bertz CT molecular complexity index is 1260. The van der Waals surface area contributed by atoms with E-state index in [2.05, 4.69) is 30.9 Å². The summed E-state index contributed by atoms with van der Waals surface area (Å²) in [6.07, 6.45) is 3.32. The van der Waals surface area contributed by atoms with Gasteiger partial charge in [0, 0.05) is 25.1 Å². The fraction of sp³-hybridized carbons (Fsp3) is 0.120. The fourth-order valence-electron chi connectivity index (χ4n) is 3.15. The Morgan fingerprint density at radius 2 is 1.74 bits per heavy atom. The van der Waals surface area contributed by atoms with Crippen LogP contribution >= 0.6 is 0 Å². The highest BCUT2D eigenvalue weighted by Crippen LogP contribution is 2.31. The summed E-state index contributed by atoms with van der Waals surface area (Å²) < 4.78 is 11.5. The third-order valence-corrected chi connectivity index (χ3v) is 4.69. The number of ether oxygens (including phenoxy) is 2. The quantitative estimate of drug-likeness (QED) is 0.325. The van der Waals surface area contributed by atoms with Crippen molar-refractivity contribution in [2.24, 2.45) is 0 Å². The van der Waals surface area contributed by atoms with Crippen molar-refractivity contribution in [2.75, 3.05) is 29.6 Å². The predicted molar refractivity (Wildman–Crippen MR) is 132 cm³/mol. The van der Waals surface area contributed by atoms with E-state index in [9.17, 15) is 4.79 Å². The zero-order valence-electron chi connectivity index (χ0n) is 18.8. The van der Waals surface area contributed by atoms with Crippen molar-refractivity contribution in [3.05, 3.63) is 79.1 Å². The SMILES string of the molecule is CCOc1ccccc1NC(=O)Nc1ccc(Oc2ncccc2-c2ccnc(NC)n2)cc1. The van der Waals surface area contributed by atoms with Crippen molar-refractivity contribution in [1.29, 1.82) is 0 Å². The molecule has 0 saturated carbocycles. The Hall–Kier alpha value is -4.66. The van der Waals surface area contributed by atoms with Crippen molar-refractivity contribution >= 4 is 23.4 Å². The van der Waals surface area contributed by atoms with Crippen molar-refractivity contribution in [3.63, 3.8) is 0 Å². The van der Waals surface area contributed by atoms with Gasteiger partial charge in [-0.05, 0) is 61.5 Å². The van der Waals surface area contributed by atoms with Gasteiger partial charge in [-0.3, -0.25) is 0 Å². The molecule has 0 atom stereocenters. The minimum atomic E-state index is -0.378. The maximum absolute atomic E-state index is 12.4. The Labute approximate surface area is 197 Å². The van der Waals surface area contributed by atoms with Gasteiger partial charge >= 0.3 is 6.03 Å². The molecule has 0 aliphatic rings. The number of hydrogen-bond donors (Lipinski definition) is 3. The van der Waals surface area contributed by atoms with Gasteiger partial charge in [-0.2, -0.15) is 0 Å². The highest BCUT2D eigenvalue weighted by Gasteiger charge is 2.12. The zero-order chi connectivity index (χ0) is 23.8. The Balaban J connectivity index is 1.44. The second-order valence-electron chi connectivity index (χ2n) is 7.01. The lowest BCUT2D eigenvalue weighted by molar-refractivity contribution is 0.262. The highest BCUT2D eigenvalue weighted by molar-refractivity contribution is 6.00. The standard InChI is InChI=1S/C25H24N6O3/c1-3-33-22-9-5-4-8-21(22)31-25(32)29-17-10-12-18(13-11-17)34-23-19(7-6-15-27-23)20-14-16-28-24(26-2)30-20/h4-16H,3H2,1-2H3,(H,26,28,30)(H2,29,31,32). The number of rotatable bonds is 8. The molecule has 0 fully saturated rings. The van der Waals surface area contributed by atoms with Crippen LogP contribution in [0.1, 0.15) is 6.92 Å². The first-order chi connectivity index (χ1) is 16.7. The number of aromatic nitrogens is 3. The summed E-state index contributed by atoms with van der Waals surface area (Å²) in [5, 5.41) is 8.52. The maximum Gasteiger partial charge on any atom is 0.323 e. The van der Waals surface area contributed by atoms with E-state index in [0.717, 1.165) is 5.56 Å². The van der Waals surface area contributed by atoms with Crippen molar-refractivity contribution in [2.45, 2.75) is 6.92 Å². The first-order valence-corrected chi connectivity index (χ1v) is 10.7. The monoisotopic (exact) mass is 456 g/mol. The zero-order valence-corrected chi connectivity index (χ0v) is 18.8. The number of carbonyl (C=O) groups is 1. The van der Waals surface area contributed by atoms with Crippen molar-refractivity contribution < 1.29 is 14.3 Å². The molecule has 2 aromatic carbocycles. The molecule has 9 heteroatoms. The number of urea groups is 1. The number of hydrogen-bond acceptors (Lipinski definition) is 7. The molecule has 172 valence electrons. The summed E-state index contributed by atoms with van der Waals surface area (Å²) in [5.74, 6) is 2.09. The molecule has 0 aliphatic heterocycles. The van der Waals surface area contributed by atoms with Gasteiger partial charge in [-0.15, -0.1) is 0 Å². The van der Waals surface area contributed by atoms with Crippen LogP contribution in [0, 0.1) is 0 Å². The molecule has 0 saturated heterocycles. The minimum absolute atomic E-state index is 0.378. The van der Waals surface area contributed by atoms with Crippen LogP contribution in [0.15, 0.2) is 79.1 Å². The van der Waals surface area contributed by atoms with Gasteiger partial charge in [0.25, 0.3) is 0 Å². The molecule has 2 heterocycles. The van der Waals surface area contributed by atoms with E-state index in [0.29, 0.717) is 47.0 Å². The molecule has 2 aromatic heterocycles. The number of benzene rings is 2. The summed E-state index contributed by atoms with van der Waals surface area (Å²) >= 11 is 0. The molecule has 3 N–H and O–H groups in total. The summed E-state index contributed by atoms with van der Waals surface area (Å²) in [6, 6.07) is 19.4. The summed E-state index contributed by atoms with van der Waals surface area (Å²) in [7, 11) is 1.76. The van der Waals surface area contributed by atoms with Crippen LogP contribution in [0.5, 0.6) is 17.4 Å². The van der Waals surface area contributed by atoms with E-state index in [1.165, 1.54) is 0 Å². The number of carbonyl (C=O) groups excluding carboxylic acids is 1. The summed E-state index contributed by atoms with van der Waals surface area (Å²) in [4.78, 5) is 25.4. The van der Waals surface area contributed by atoms with E-state index in [1.807, 2.05) is 31.2 Å². The van der Waals surface area contributed by atoms with Gasteiger partial charge in [0.2, 0.25) is 11.8 Å². The number of anilines is 3. The van der Waals surface area contributed by atoms with E-state index in [4.69, 9.17) is 9.47 Å². The lowest BCUT2D eigenvalue weighted by atomic mass is 10.2. The van der Waals surface area contributed by atoms with Crippen molar-refractivity contribution in [1.82, 2.24) is 15.0 Å². The molecule has 4 rings (SSSR count). The molecule has 0 aliphatic carbocycles. The second-order valence-corrected chi connectivity index (χ2v) is 7.01. The smallest absolute Gasteiger partial charge is 0.323 e. The number of para-hydroxylation sites is 2. The van der Waals surface area contributed by atoms with Crippen LogP contribution in [0.3, 0.4) is 0 Å². The number of pyridine rings is 1. The molecule has 0 unspecified atom stereocenters. The van der Waals surface area contributed by atoms with Crippen LogP contribution in [0.25, 0.3) is 11.3 Å². The number of nitrogens with zero attached hydrogens (tertiary/aromatic N) is 3. The lowest BCUT2D eigenvalue weighted by Gasteiger charge is -2.13. The molecule has 0 bridgehead atoms. The van der Waals surface area contributed by atoms with E-state index in [1.54, 1.807) is 61.9 Å². The molecule has 9 nitrogen and oxygen atoms in total. The van der Waals surface area contributed by atoms with Crippen LogP contribution in [-0.2, 0) is 0 Å². The topological polar surface area (TPSA) is 110 Å². The first-order valence-electron chi connectivity index (χ1n) is 10.7. The highest BCUT2D eigenvalue weighted by atomic mass is 16.5. The molecule has 0 spiro atoms. The average Bonchev–Trinajstić information content (AvgIpc) is 2.87. The van der Waals surface area contributed by atoms with E-state index < -0.39 is 0 Å². The largest absolute Gasteiger partial charge is 0.492 e. The Morgan fingerprint density at radius 3 is 2.53 bits per heavy atom. The molecule has 34 heavy (non-hydrogen) atoms. The van der Waals surface area contributed by atoms with Crippen LogP contribution in [0.4, 0.5) is 22.1 Å². The summed E-state index contributed by atoms with van der Waals surface area (Å²) in [6.45, 7) is 2.40. The molecule has 4 aromatic rings. The van der Waals surface area contributed by atoms with Gasteiger partial charge < -0.3 is 25.4 Å². The van der Waals surface area contributed by atoms with E-state index >= 15 is 0 Å². The predicted octanol–water partition coefficient (Wildman–Crippen LogP) is 5.42. The number of amides is 2. The van der Waals surface area contributed by atoms with Gasteiger partial charge in [-0.25, -0.2) is 19.7 Å².